The van der Waals surface area contributed by atoms with E-state index in [0.717, 1.165) is 28.5 Å². The first-order valence-corrected chi connectivity index (χ1v) is 10.7. The molecule has 0 aliphatic rings. The van der Waals surface area contributed by atoms with E-state index >= 15 is 0 Å². The number of fused-ring (bicyclic) bond motifs is 1. The topological polar surface area (TPSA) is 71.1 Å². The van der Waals surface area contributed by atoms with E-state index in [2.05, 4.69) is 29.7 Å². The van der Waals surface area contributed by atoms with Gasteiger partial charge in [-0.05, 0) is 41.8 Å². The fourth-order valence-corrected chi connectivity index (χ4v) is 3.61. The Morgan fingerprint density at radius 1 is 0.875 bits per heavy atom. The second-order valence-corrected chi connectivity index (χ2v) is 7.68. The van der Waals surface area contributed by atoms with Crippen LogP contribution in [0.4, 0.5) is 5.69 Å². The molecule has 32 heavy (non-hydrogen) atoms. The molecule has 1 aromatic heterocycles. The Balaban J connectivity index is 1.62. The number of nitrogens with zero attached hydrogens (tertiary/aromatic N) is 1. The number of aryl methyl sites for hydroxylation is 1. The van der Waals surface area contributed by atoms with Crippen LogP contribution in [0.5, 0.6) is 0 Å². The molecule has 0 unspecified atom stereocenters. The molecule has 5 heteroatoms. The van der Waals surface area contributed by atoms with E-state index in [1.807, 2.05) is 66.7 Å². The average Bonchev–Trinajstić information content (AvgIpc) is 2.82. The van der Waals surface area contributed by atoms with Gasteiger partial charge in [-0.3, -0.25) is 9.59 Å². The van der Waals surface area contributed by atoms with Crippen LogP contribution in [-0.4, -0.2) is 16.8 Å². The first kappa shape index (κ1) is 21.2. The zero-order valence-electron chi connectivity index (χ0n) is 18.2. The zero-order valence-corrected chi connectivity index (χ0v) is 18.2. The molecule has 0 saturated carbocycles. The molecular weight excluding hydrogens is 398 g/mol. The average molecular weight is 424 g/mol. The molecule has 1 heterocycles. The van der Waals surface area contributed by atoms with Gasteiger partial charge in [-0.2, -0.15) is 0 Å². The van der Waals surface area contributed by atoms with Gasteiger partial charge in [-0.1, -0.05) is 61.5 Å². The van der Waals surface area contributed by atoms with Crippen molar-refractivity contribution in [2.45, 2.75) is 26.8 Å². The maximum Gasteiger partial charge on any atom is 0.252 e. The lowest BCUT2D eigenvalue weighted by molar-refractivity contribution is -0.114. The summed E-state index contributed by atoms with van der Waals surface area (Å²) in [5.41, 5.74) is 5.96. The third-order valence-corrected chi connectivity index (χ3v) is 5.35. The molecule has 0 aliphatic heterocycles. The van der Waals surface area contributed by atoms with E-state index in [1.165, 1.54) is 12.5 Å². The van der Waals surface area contributed by atoms with Crippen LogP contribution in [0, 0.1) is 0 Å². The lowest BCUT2D eigenvalue weighted by Gasteiger charge is -2.11. The van der Waals surface area contributed by atoms with Crippen molar-refractivity contribution < 1.29 is 9.59 Å². The molecule has 0 radical (unpaired) electrons. The number of pyridine rings is 1. The van der Waals surface area contributed by atoms with Crippen molar-refractivity contribution in [2.24, 2.45) is 0 Å². The van der Waals surface area contributed by atoms with E-state index in [-0.39, 0.29) is 11.8 Å². The van der Waals surface area contributed by atoms with Crippen LogP contribution in [0.1, 0.15) is 35.3 Å². The van der Waals surface area contributed by atoms with Gasteiger partial charge in [0, 0.05) is 30.1 Å². The minimum absolute atomic E-state index is 0.120. The monoisotopic (exact) mass is 423 g/mol. The van der Waals surface area contributed by atoms with Crippen molar-refractivity contribution in [1.29, 1.82) is 0 Å². The third kappa shape index (κ3) is 4.83. The van der Waals surface area contributed by atoms with Crippen molar-refractivity contribution >= 4 is 28.4 Å². The summed E-state index contributed by atoms with van der Waals surface area (Å²) in [4.78, 5) is 29.1. The predicted molar refractivity (Wildman–Crippen MR) is 128 cm³/mol. The first-order valence-electron chi connectivity index (χ1n) is 10.7. The van der Waals surface area contributed by atoms with Gasteiger partial charge in [0.05, 0.1) is 16.8 Å². The molecule has 0 atom stereocenters. The summed E-state index contributed by atoms with van der Waals surface area (Å²) in [6.45, 7) is 4.05. The number of para-hydroxylation sites is 1. The Labute approximate surface area is 187 Å². The van der Waals surface area contributed by atoms with Crippen LogP contribution in [0.3, 0.4) is 0 Å². The fourth-order valence-electron chi connectivity index (χ4n) is 3.61. The molecule has 4 rings (SSSR count). The Bertz CT molecular complexity index is 1260. The minimum Gasteiger partial charge on any atom is -0.348 e. The van der Waals surface area contributed by atoms with E-state index < -0.39 is 0 Å². The number of amides is 2. The number of rotatable bonds is 6. The smallest absolute Gasteiger partial charge is 0.252 e. The lowest BCUT2D eigenvalue weighted by Crippen LogP contribution is -2.23. The van der Waals surface area contributed by atoms with E-state index in [9.17, 15) is 9.59 Å². The molecular formula is C27H25N3O2. The van der Waals surface area contributed by atoms with Crippen molar-refractivity contribution in [3.63, 3.8) is 0 Å². The van der Waals surface area contributed by atoms with Gasteiger partial charge in [0.15, 0.2) is 0 Å². The number of benzene rings is 3. The molecule has 4 aromatic rings. The molecule has 0 fully saturated rings. The number of nitrogens with one attached hydrogen (secondary N) is 2. The standard InChI is InChI=1S/C27H25N3O2/c1-3-19-8-10-20(11-9-19)17-28-27(32)24-16-26(30-25-7-5-4-6-23(24)25)21-12-14-22(15-13-21)29-18(2)31/h4-16H,3,17H2,1-2H3,(H,28,32)(H,29,31). The summed E-state index contributed by atoms with van der Waals surface area (Å²) in [6.07, 6.45) is 0.990. The molecule has 2 amide bonds. The Hall–Kier alpha value is -3.99. The van der Waals surface area contributed by atoms with Crippen LogP contribution in [-0.2, 0) is 17.8 Å². The molecule has 160 valence electrons. The number of aromatic nitrogens is 1. The number of hydrogen-bond donors (Lipinski definition) is 2. The van der Waals surface area contributed by atoms with Gasteiger partial charge in [0.25, 0.3) is 5.91 Å². The van der Waals surface area contributed by atoms with Crippen molar-refractivity contribution in [1.82, 2.24) is 10.3 Å². The molecule has 0 saturated heterocycles. The predicted octanol–water partition coefficient (Wildman–Crippen LogP) is 5.35. The summed E-state index contributed by atoms with van der Waals surface area (Å²) in [5, 5.41) is 6.61. The van der Waals surface area contributed by atoms with Crippen LogP contribution >= 0.6 is 0 Å². The van der Waals surface area contributed by atoms with Crippen LogP contribution < -0.4 is 10.6 Å². The van der Waals surface area contributed by atoms with Crippen molar-refractivity contribution in [3.05, 3.63) is 95.6 Å². The molecule has 0 aliphatic carbocycles. The van der Waals surface area contributed by atoms with Gasteiger partial charge in [0.2, 0.25) is 5.91 Å². The number of carbonyl (C=O) groups is 2. The highest BCUT2D eigenvalue weighted by Gasteiger charge is 2.14. The second-order valence-electron chi connectivity index (χ2n) is 7.68. The summed E-state index contributed by atoms with van der Waals surface area (Å²) in [5.74, 6) is -0.260. The maximum absolute atomic E-state index is 13.1. The van der Waals surface area contributed by atoms with Gasteiger partial charge in [0.1, 0.15) is 0 Å². The molecule has 5 nitrogen and oxygen atoms in total. The molecule has 0 bridgehead atoms. The summed E-state index contributed by atoms with van der Waals surface area (Å²) < 4.78 is 0. The summed E-state index contributed by atoms with van der Waals surface area (Å²) in [7, 11) is 0. The molecule has 0 spiro atoms. The van der Waals surface area contributed by atoms with Gasteiger partial charge in [-0.25, -0.2) is 4.98 Å². The van der Waals surface area contributed by atoms with Gasteiger partial charge >= 0.3 is 0 Å². The zero-order chi connectivity index (χ0) is 22.5. The third-order valence-electron chi connectivity index (χ3n) is 5.35. The van der Waals surface area contributed by atoms with E-state index in [4.69, 9.17) is 4.98 Å². The lowest BCUT2D eigenvalue weighted by atomic mass is 10.0. The second kappa shape index (κ2) is 9.43. The fraction of sp³-hybridized carbons (Fsp3) is 0.148. The van der Waals surface area contributed by atoms with Crippen molar-refractivity contribution in [3.8, 4) is 11.3 Å². The quantitative estimate of drug-likeness (QED) is 0.439. The van der Waals surface area contributed by atoms with Gasteiger partial charge < -0.3 is 10.6 Å². The van der Waals surface area contributed by atoms with Crippen LogP contribution in [0.25, 0.3) is 22.2 Å². The summed E-state index contributed by atoms with van der Waals surface area (Å²) >= 11 is 0. The largest absolute Gasteiger partial charge is 0.348 e. The van der Waals surface area contributed by atoms with Crippen molar-refractivity contribution in [2.75, 3.05) is 5.32 Å². The minimum atomic E-state index is -0.140. The van der Waals surface area contributed by atoms with E-state index in [0.29, 0.717) is 23.5 Å². The number of anilines is 1. The Morgan fingerprint density at radius 3 is 2.25 bits per heavy atom. The van der Waals surface area contributed by atoms with Crippen LogP contribution in [0.15, 0.2) is 78.9 Å². The summed E-state index contributed by atoms with van der Waals surface area (Å²) in [6, 6.07) is 25.2. The highest BCUT2D eigenvalue weighted by atomic mass is 16.2. The Kier molecular flexibility index (Phi) is 6.26. The first-order chi connectivity index (χ1) is 15.5. The molecule has 2 N–H and O–H groups in total. The normalized spacial score (nSPS) is 10.7. The number of hydrogen-bond acceptors (Lipinski definition) is 3. The highest BCUT2D eigenvalue weighted by Crippen LogP contribution is 2.26. The maximum atomic E-state index is 13.1. The molecule has 3 aromatic carbocycles. The highest BCUT2D eigenvalue weighted by molar-refractivity contribution is 6.07. The SMILES string of the molecule is CCc1ccc(CNC(=O)c2cc(-c3ccc(NC(C)=O)cc3)nc3ccccc23)cc1. The van der Waals surface area contributed by atoms with Gasteiger partial charge in [-0.15, -0.1) is 0 Å². The van der Waals surface area contributed by atoms with E-state index in [1.54, 1.807) is 0 Å². The number of carbonyl (C=O) groups excluding carboxylic acids is 2. The Morgan fingerprint density at radius 2 is 1.56 bits per heavy atom. The van der Waals surface area contributed by atoms with Crippen LogP contribution in [0.2, 0.25) is 0 Å².